The number of amides is 1. The van der Waals surface area contributed by atoms with E-state index < -0.39 is 0 Å². The molecule has 0 aromatic heterocycles. The first-order valence-corrected chi connectivity index (χ1v) is 7.43. The third kappa shape index (κ3) is 4.09. The molecule has 0 bridgehead atoms. The zero-order chi connectivity index (χ0) is 14.5. The molecule has 1 heterocycles. The quantitative estimate of drug-likeness (QED) is 0.897. The molecular weight excluding hydrogens is 299 g/mol. The summed E-state index contributed by atoms with van der Waals surface area (Å²) in [7, 11) is 0. The highest BCUT2D eigenvalue weighted by molar-refractivity contribution is 6.39. The topological polar surface area (TPSA) is 52.6 Å². The molecule has 1 amide bonds. The maximum Gasteiger partial charge on any atom is 0.238 e. The van der Waals surface area contributed by atoms with Gasteiger partial charge in [-0.1, -0.05) is 29.3 Å². The van der Waals surface area contributed by atoms with Gasteiger partial charge in [0, 0.05) is 6.61 Å². The van der Waals surface area contributed by atoms with Gasteiger partial charge in [-0.15, -0.1) is 0 Å². The fourth-order valence-electron chi connectivity index (χ4n) is 2.33. The number of nitrogens with one attached hydrogen (secondary N) is 1. The van der Waals surface area contributed by atoms with Gasteiger partial charge in [-0.25, -0.2) is 0 Å². The second kappa shape index (κ2) is 7.27. The highest BCUT2D eigenvalue weighted by Crippen LogP contribution is 2.29. The van der Waals surface area contributed by atoms with Gasteiger partial charge in [-0.2, -0.15) is 0 Å². The van der Waals surface area contributed by atoms with Gasteiger partial charge in [-0.3, -0.25) is 9.69 Å². The number of rotatable bonds is 4. The Morgan fingerprint density at radius 1 is 1.30 bits per heavy atom. The Bertz CT molecular complexity index is 454. The average Bonchev–Trinajstić information content (AvgIpc) is 2.44. The number of para-hydroxylation sites is 1. The Hall–Kier alpha value is -0.810. The summed E-state index contributed by atoms with van der Waals surface area (Å²) >= 11 is 12.0. The smallest absolute Gasteiger partial charge is 0.238 e. The van der Waals surface area contributed by atoms with E-state index in [0.717, 1.165) is 25.9 Å². The molecule has 0 radical (unpaired) electrons. The maximum atomic E-state index is 12.0. The number of piperidine rings is 1. The van der Waals surface area contributed by atoms with Gasteiger partial charge in [0.1, 0.15) is 0 Å². The minimum Gasteiger partial charge on any atom is -0.396 e. The fraction of sp³-hybridized carbons (Fsp3) is 0.500. The maximum absolute atomic E-state index is 12.0. The van der Waals surface area contributed by atoms with Crippen LogP contribution in [-0.4, -0.2) is 42.2 Å². The highest BCUT2D eigenvalue weighted by Gasteiger charge is 2.20. The fourth-order valence-corrected chi connectivity index (χ4v) is 2.82. The molecule has 1 saturated heterocycles. The van der Waals surface area contributed by atoms with Crippen molar-refractivity contribution < 1.29 is 9.90 Å². The second-order valence-corrected chi connectivity index (χ2v) is 5.86. The number of aliphatic hydroxyl groups excluding tert-OH is 1. The third-order valence-electron chi connectivity index (χ3n) is 3.56. The number of carbonyl (C=O) groups is 1. The molecule has 1 fully saturated rings. The molecule has 110 valence electrons. The van der Waals surface area contributed by atoms with Crippen LogP contribution in [0.5, 0.6) is 0 Å². The van der Waals surface area contributed by atoms with Crippen molar-refractivity contribution in [2.75, 3.05) is 31.6 Å². The number of hydrogen-bond acceptors (Lipinski definition) is 3. The van der Waals surface area contributed by atoms with Crippen molar-refractivity contribution >= 4 is 34.8 Å². The molecule has 6 heteroatoms. The van der Waals surface area contributed by atoms with Gasteiger partial charge in [-0.05, 0) is 44.0 Å². The summed E-state index contributed by atoms with van der Waals surface area (Å²) in [6.07, 6.45) is 1.85. The Kier molecular flexibility index (Phi) is 5.66. The molecule has 0 unspecified atom stereocenters. The number of hydrogen-bond donors (Lipinski definition) is 2. The zero-order valence-electron chi connectivity index (χ0n) is 11.1. The van der Waals surface area contributed by atoms with E-state index in [2.05, 4.69) is 10.2 Å². The first-order chi connectivity index (χ1) is 9.60. The lowest BCUT2D eigenvalue weighted by Crippen LogP contribution is -2.39. The van der Waals surface area contributed by atoms with E-state index in [4.69, 9.17) is 28.3 Å². The number of aliphatic hydroxyl groups is 1. The van der Waals surface area contributed by atoms with Crippen LogP contribution in [0.3, 0.4) is 0 Å². The SMILES string of the molecule is O=C(CN1CCC(CO)CC1)Nc1c(Cl)cccc1Cl. The molecule has 0 spiro atoms. The van der Waals surface area contributed by atoms with Gasteiger partial charge in [0.05, 0.1) is 22.3 Å². The summed E-state index contributed by atoms with van der Waals surface area (Å²) in [6.45, 7) is 2.21. The van der Waals surface area contributed by atoms with Crippen molar-refractivity contribution in [3.8, 4) is 0 Å². The monoisotopic (exact) mass is 316 g/mol. The van der Waals surface area contributed by atoms with Crippen LogP contribution in [-0.2, 0) is 4.79 Å². The van der Waals surface area contributed by atoms with E-state index in [0.29, 0.717) is 28.2 Å². The van der Waals surface area contributed by atoms with Crippen molar-refractivity contribution in [3.05, 3.63) is 28.2 Å². The number of halogens is 2. The number of anilines is 1. The van der Waals surface area contributed by atoms with Crippen LogP contribution < -0.4 is 5.32 Å². The van der Waals surface area contributed by atoms with Gasteiger partial charge in [0.15, 0.2) is 0 Å². The lowest BCUT2D eigenvalue weighted by molar-refractivity contribution is -0.117. The zero-order valence-corrected chi connectivity index (χ0v) is 12.6. The molecule has 1 aliphatic rings. The van der Waals surface area contributed by atoms with Crippen LogP contribution in [0.15, 0.2) is 18.2 Å². The normalized spacial score (nSPS) is 17.1. The molecule has 1 aliphatic heterocycles. The van der Waals surface area contributed by atoms with Crippen LogP contribution >= 0.6 is 23.2 Å². The van der Waals surface area contributed by atoms with Crippen LogP contribution in [0.1, 0.15) is 12.8 Å². The average molecular weight is 317 g/mol. The number of benzene rings is 1. The third-order valence-corrected chi connectivity index (χ3v) is 4.19. The Labute approximate surface area is 128 Å². The van der Waals surface area contributed by atoms with E-state index in [-0.39, 0.29) is 12.5 Å². The molecule has 1 aromatic rings. The largest absolute Gasteiger partial charge is 0.396 e. The lowest BCUT2D eigenvalue weighted by atomic mass is 9.98. The van der Waals surface area contributed by atoms with Crippen molar-refractivity contribution in [1.29, 1.82) is 0 Å². The molecule has 0 atom stereocenters. The standard InChI is InChI=1S/C14H18Cl2N2O2/c15-11-2-1-3-12(16)14(11)17-13(20)8-18-6-4-10(9-19)5-7-18/h1-3,10,19H,4-9H2,(H,17,20). The summed E-state index contributed by atoms with van der Waals surface area (Å²) in [6, 6.07) is 5.12. The molecule has 4 nitrogen and oxygen atoms in total. The number of carbonyl (C=O) groups excluding carboxylic acids is 1. The lowest BCUT2D eigenvalue weighted by Gasteiger charge is -2.30. The highest BCUT2D eigenvalue weighted by atomic mass is 35.5. The van der Waals surface area contributed by atoms with E-state index >= 15 is 0 Å². The van der Waals surface area contributed by atoms with Crippen molar-refractivity contribution in [1.82, 2.24) is 4.90 Å². The number of nitrogens with zero attached hydrogens (tertiary/aromatic N) is 1. The Morgan fingerprint density at radius 3 is 2.45 bits per heavy atom. The van der Waals surface area contributed by atoms with E-state index in [1.54, 1.807) is 18.2 Å². The summed E-state index contributed by atoms with van der Waals surface area (Å²) < 4.78 is 0. The molecule has 2 rings (SSSR count). The summed E-state index contributed by atoms with van der Waals surface area (Å²) in [5, 5.41) is 12.7. The summed E-state index contributed by atoms with van der Waals surface area (Å²) in [5.41, 5.74) is 0.464. The van der Waals surface area contributed by atoms with E-state index in [1.807, 2.05) is 0 Å². The van der Waals surface area contributed by atoms with E-state index in [1.165, 1.54) is 0 Å². The predicted molar refractivity (Wildman–Crippen MR) is 81.3 cm³/mol. The minimum atomic E-state index is -0.123. The summed E-state index contributed by atoms with van der Waals surface area (Å²) in [4.78, 5) is 14.1. The van der Waals surface area contributed by atoms with Crippen molar-refractivity contribution in [2.45, 2.75) is 12.8 Å². The van der Waals surface area contributed by atoms with Crippen molar-refractivity contribution in [3.63, 3.8) is 0 Å². The molecule has 0 saturated carbocycles. The molecular formula is C14H18Cl2N2O2. The first-order valence-electron chi connectivity index (χ1n) is 6.67. The Morgan fingerprint density at radius 2 is 1.90 bits per heavy atom. The molecule has 0 aliphatic carbocycles. The Balaban J connectivity index is 1.87. The minimum absolute atomic E-state index is 0.123. The van der Waals surface area contributed by atoms with Gasteiger partial charge >= 0.3 is 0 Å². The summed E-state index contributed by atoms with van der Waals surface area (Å²) in [5.74, 6) is 0.245. The molecule has 20 heavy (non-hydrogen) atoms. The second-order valence-electron chi connectivity index (χ2n) is 5.05. The number of likely N-dealkylation sites (tertiary alicyclic amines) is 1. The van der Waals surface area contributed by atoms with Crippen LogP contribution in [0, 0.1) is 5.92 Å². The van der Waals surface area contributed by atoms with Gasteiger partial charge in [0.25, 0.3) is 0 Å². The van der Waals surface area contributed by atoms with Crippen LogP contribution in [0.2, 0.25) is 10.0 Å². The van der Waals surface area contributed by atoms with Crippen LogP contribution in [0.4, 0.5) is 5.69 Å². The van der Waals surface area contributed by atoms with Crippen LogP contribution in [0.25, 0.3) is 0 Å². The molecule has 2 N–H and O–H groups in total. The van der Waals surface area contributed by atoms with Gasteiger partial charge in [0.2, 0.25) is 5.91 Å². The predicted octanol–water partition coefficient (Wildman–Crippen LogP) is 2.64. The first kappa shape index (κ1) is 15.6. The van der Waals surface area contributed by atoms with E-state index in [9.17, 15) is 4.79 Å². The molecule has 1 aromatic carbocycles. The van der Waals surface area contributed by atoms with Crippen molar-refractivity contribution in [2.24, 2.45) is 5.92 Å². The van der Waals surface area contributed by atoms with Gasteiger partial charge < -0.3 is 10.4 Å².